The molecule has 1 aliphatic heterocycles. The number of amides is 1. The number of H-pyrrole nitrogens is 1. The van der Waals surface area contributed by atoms with Gasteiger partial charge in [0.25, 0.3) is 11.5 Å². The molecule has 8 nitrogen and oxygen atoms in total. The number of hydrogen-bond donors (Lipinski definition) is 1. The first-order valence-electron chi connectivity index (χ1n) is 10.7. The molecule has 0 saturated carbocycles. The van der Waals surface area contributed by atoms with Crippen molar-refractivity contribution in [2.24, 2.45) is 0 Å². The first kappa shape index (κ1) is 23.1. The summed E-state index contributed by atoms with van der Waals surface area (Å²) in [6, 6.07) is 7.90. The summed E-state index contributed by atoms with van der Waals surface area (Å²) < 4.78 is 20.5. The summed E-state index contributed by atoms with van der Waals surface area (Å²) >= 11 is 12.7. The molecule has 1 aromatic heterocycles. The Hall–Kier alpha value is -3.69. The zero-order valence-corrected chi connectivity index (χ0v) is 19.6. The second-order valence-electron chi connectivity index (χ2n) is 7.98. The number of ether oxygens (including phenoxy) is 1. The molecule has 2 aliphatic rings. The molecule has 178 valence electrons. The van der Waals surface area contributed by atoms with Crippen molar-refractivity contribution < 1.29 is 13.9 Å². The lowest BCUT2D eigenvalue weighted by Crippen LogP contribution is -2.37. The highest BCUT2D eigenvalue weighted by Gasteiger charge is 2.28. The average molecular weight is 515 g/mol. The van der Waals surface area contributed by atoms with Gasteiger partial charge in [0, 0.05) is 17.8 Å². The molecule has 0 radical (unpaired) electrons. The first-order valence-corrected chi connectivity index (χ1v) is 11.4. The number of nitrogens with zero attached hydrogens (tertiary/aromatic N) is 3. The number of benzene rings is 2. The summed E-state index contributed by atoms with van der Waals surface area (Å²) in [4.78, 5) is 40.0. The third-order valence-corrected chi connectivity index (χ3v) is 6.27. The minimum atomic E-state index is -0.741. The molecule has 3 aromatic rings. The molecular weight excluding hydrogens is 498 g/mol. The molecule has 5 rings (SSSR count). The van der Waals surface area contributed by atoms with E-state index in [1.807, 2.05) is 0 Å². The number of nitrogens with one attached hydrogen (secondary N) is 1. The van der Waals surface area contributed by atoms with Crippen molar-refractivity contribution in [3.05, 3.63) is 102 Å². The van der Waals surface area contributed by atoms with Gasteiger partial charge < -0.3 is 9.64 Å². The van der Waals surface area contributed by atoms with Gasteiger partial charge in [-0.15, -0.1) is 0 Å². The van der Waals surface area contributed by atoms with Crippen LogP contribution in [0.15, 0.2) is 69.8 Å². The predicted octanol–water partition coefficient (Wildman–Crippen LogP) is 4.55. The highest BCUT2D eigenvalue weighted by molar-refractivity contribution is 6.37. The van der Waals surface area contributed by atoms with Crippen molar-refractivity contribution >= 4 is 29.1 Å². The maximum atomic E-state index is 13.7. The fraction of sp³-hybridized carbons (Fsp3) is 0.167. The second-order valence-corrected chi connectivity index (χ2v) is 8.79. The molecule has 1 amide bonds. The Morgan fingerprint density at radius 3 is 2.54 bits per heavy atom. The molecule has 1 N–H and O–H groups in total. The van der Waals surface area contributed by atoms with Gasteiger partial charge in [0.2, 0.25) is 0 Å². The normalized spacial score (nSPS) is 15.4. The lowest BCUT2D eigenvalue weighted by Gasteiger charge is -2.31. The highest BCUT2D eigenvalue weighted by Crippen LogP contribution is 2.39. The first-order chi connectivity index (χ1) is 16.8. The maximum absolute atomic E-state index is 13.7. The van der Waals surface area contributed by atoms with Gasteiger partial charge in [-0.1, -0.05) is 23.2 Å². The van der Waals surface area contributed by atoms with Gasteiger partial charge >= 0.3 is 5.69 Å². The Labute approximate surface area is 207 Å². The zero-order chi connectivity index (χ0) is 24.7. The van der Waals surface area contributed by atoms with E-state index in [1.54, 1.807) is 23.1 Å². The zero-order valence-electron chi connectivity index (χ0n) is 18.1. The predicted molar refractivity (Wildman–Crippen MR) is 128 cm³/mol. The van der Waals surface area contributed by atoms with Crippen molar-refractivity contribution in [2.45, 2.75) is 19.3 Å². The Morgan fingerprint density at radius 2 is 1.83 bits per heavy atom. The molecule has 11 heteroatoms. The molecule has 0 bridgehead atoms. The SMILES string of the molecule is O=C1c2ccc(Oc3c(Cl)cc(-n4ncc(=O)[nH]c4=O)cc3Cl)cc2CCN1C1=CC(F)=CCC1. The van der Waals surface area contributed by atoms with Crippen LogP contribution in [0.3, 0.4) is 0 Å². The lowest BCUT2D eigenvalue weighted by atomic mass is 9.97. The summed E-state index contributed by atoms with van der Waals surface area (Å²) in [5, 5.41) is 4.02. The monoisotopic (exact) mass is 514 g/mol. The summed E-state index contributed by atoms with van der Waals surface area (Å²) in [5.74, 6) is 0.0761. The topological polar surface area (TPSA) is 97.3 Å². The van der Waals surface area contributed by atoms with Gasteiger partial charge in [-0.2, -0.15) is 9.78 Å². The van der Waals surface area contributed by atoms with E-state index >= 15 is 0 Å². The van der Waals surface area contributed by atoms with E-state index in [9.17, 15) is 18.8 Å². The third-order valence-electron chi connectivity index (χ3n) is 5.71. The number of rotatable bonds is 4. The summed E-state index contributed by atoms with van der Waals surface area (Å²) in [6.45, 7) is 0.436. The number of aromatic nitrogens is 3. The van der Waals surface area contributed by atoms with Crippen molar-refractivity contribution in [3.8, 4) is 17.2 Å². The van der Waals surface area contributed by atoms with E-state index in [1.165, 1.54) is 24.3 Å². The van der Waals surface area contributed by atoms with Gasteiger partial charge in [-0.05, 0) is 67.3 Å². The Kier molecular flexibility index (Phi) is 6.04. The van der Waals surface area contributed by atoms with E-state index < -0.39 is 11.2 Å². The molecule has 2 aromatic carbocycles. The Balaban J connectivity index is 1.40. The van der Waals surface area contributed by atoms with Crippen LogP contribution >= 0.6 is 23.2 Å². The van der Waals surface area contributed by atoms with Crippen LogP contribution in [-0.2, 0) is 6.42 Å². The minimum Gasteiger partial charge on any atom is -0.454 e. The number of aromatic amines is 1. The minimum absolute atomic E-state index is 0.117. The molecule has 2 heterocycles. The molecule has 0 unspecified atom stereocenters. The van der Waals surface area contributed by atoms with Gasteiger partial charge in [0.05, 0.1) is 15.7 Å². The number of carbonyl (C=O) groups is 1. The van der Waals surface area contributed by atoms with Gasteiger partial charge in [-0.25, -0.2) is 9.18 Å². The van der Waals surface area contributed by atoms with E-state index in [4.69, 9.17) is 27.9 Å². The number of fused-ring (bicyclic) bond motifs is 1. The van der Waals surface area contributed by atoms with E-state index in [0.717, 1.165) is 16.4 Å². The number of carbonyl (C=O) groups excluding carboxylic acids is 1. The van der Waals surface area contributed by atoms with Gasteiger partial charge in [-0.3, -0.25) is 14.6 Å². The Bertz CT molecular complexity index is 1520. The summed E-state index contributed by atoms with van der Waals surface area (Å²) in [6.07, 6.45) is 5.63. The molecule has 0 atom stereocenters. The molecule has 0 spiro atoms. The van der Waals surface area contributed by atoms with E-state index in [2.05, 4.69) is 10.1 Å². The number of hydrogen-bond acceptors (Lipinski definition) is 5. The quantitative estimate of drug-likeness (QED) is 0.550. The van der Waals surface area contributed by atoms with Crippen LogP contribution in [0.5, 0.6) is 11.5 Å². The van der Waals surface area contributed by atoms with E-state index in [-0.39, 0.29) is 33.2 Å². The average Bonchev–Trinajstić information content (AvgIpc) is 2.81. The highest BCUT2D eigenvalue weighted by atomic mass is 35.5. The summed E-state index contributed by atoms with van der Waals surface area (Å²) in [5.41, 5.74) is 0.870. The molecular formula is C24H17Cl2FN4O4. The van der Waals surface area contributed by atoms with Crippen LogP contribution in [0.1, 0.15) is 28.8 Å². The van der Waals surface area contributed by atoms with Crippen LogP contribution in [0.25, 0.3) is 5.69 Å². The maximum Gasteiger partial charge on any atom is 0.349 e. The Morgan fingerprint density at radius 1 is 1.06 bits per heavy atom. The van der Waals surface area contributed by atoms with Crippen LogP contribution in [0.4, 0.5) is 4.39 Å². The van der Waals surface area contributed by atoms with Crippen LogP contribution < -0.4 is 16.0 Å². The third kappa shape index (κ3) is 4.52. The van der Waals surface area contributed by atoms with Gasteiger partial charge in [0.15, 0.2) is 5.75 Å². The molecule has 35 heavy (non-hydrogen) atoms. The van der Waals surface area contributed by atoms with Crippen molar-refractivity contribution in [2.75, 3.05) is 6.54 Å². The lowest BCUT2D eigenvalue weighted by molar-refractivity contribution is 0.0786. The largest absolute Gasteiger partial charge is 0.454 e. The van der Waals surface area contributed by atoms with Crippen LogP contribution in [0, 0.1) is 0 Å². The van der Waals surface area contributed by atoms with Crippen LogP contribution in [0.2, 0.25) is 10.0 Å². The molecule has 1 aliphatic carbocycles. The van der Waals surface area contributed by atoms with Crippen molar-refractivity contribution in [1.29, 1.82) is 0 Å². The van der Waals surface area contributed by atoms with Crippen LogP contribution in [-0.4, -0.2) is 32.1 Å². The fourth-order valence-electron chi connectivity index (χ4n) is 4.08. The van der Waals surface area contributed by atoms with E-state index in [0.29, 0.717) is 42.8 Å². The van der Waals surface area contributed by atoms with Crippen molar-refractivity contribution in [1.82, 2.24) is 19.7 Å². The summed E-state index contributed by atoms with van der Waals surface area (Å²) in [7, 11) is 0. The second kappa shape index (κ2) is 9.16. The molecule has 0 saturated heterocycles. The smallest absolute Gasteiger partial charge is 0.349 e. The standard InChI is InChI=1S/C24H17Cl2FN4O4/c25-19-10-16(31-24(34)29-21(32)12-28-31)11-20(26)22(19)35-17-4-5-18-13(8-17)6-7-30(23(18)33)15-3-1-2-14(27)9-15/h2,4-5,8-12H,1,3,6-7H2,(H,29,32,34). The fourth-order valence-corrected chi connectivity index (χ4v) is 4.64. The number of allylic oxidation sites excluding steroid dienone is 4. The number of halogens is 3. The van der Waals surface area contributed by atoms with Gasteiger partial charge in [0.1, 0.15) is 17.8 Å². The van der Waals surface area contributed by atoms with Crippen molar-refractivity contribution in [3.63, 3.8) is 0 Å². The molecule has 0 fully saturated rings.